The molecule has 0 radical (unpaired) electrons. The van der Waals surface area contributed by atoms with Crippen LogP contribution in [0.2, 0.25) is 0 Å². The number of para-hydroxylation sites is 3. The van der Waals surface area contributed by atoms with Gasteiger partial charge in [-0.2, -0.15) is 0 Å². The van der Waals surface area contributed by atoms with Crippen LogP contribution in [-0.4, -0.2) is 0 Å². The van der Waals surface area contributed by atoms with Gasteiger partial charge < -0.3 is 9.64 Å². The third-order valence-corrected chi connectivity index (χ3v) is 10.3. The molecule has 1 aliphatic carbocycles. The second-order valence-corrected chi connectivity index (χ2v) is 12.8. The first-order valence-electron chi connectivity index (χ1n) is 16.9. The molecule has 10 rings (SSSR count). The number of anilines is 3. The number of hydrogen-bond donors (Lipinski definition) is 0. The molecule has 8 aromatic rings. The van der Waals surface area contributed by atoms with Gasteiger partial charge in [-0.1, -0.05) is 146 Å². The maximum absolute atomic E-state index is 6.57. The highest BCUT2D eigenvalue weighted by Gasteiger charge is 2.51. The molecular weight excluding hydrogens is 595 g/mol. The third kappa shape index (κ3) is 4.01. The van der Waals surface area contributed by atoms with Crippen molar-refractivity contribution in [2.45, 2.75) is 5.41 Å². The van der Waals surface area contributed by atoms with E-state index in [2.05, 4.69) is 193 Å². The van der Waals surface area contributed by atoms with Crippen molar-refractivity contribution in [3.8, 4) is 33.8 Å². The molecule has 0 bridgehead atoms. The molecular formula is C47H31NO. The van der Waals surface area contributed by atoms with Gasteiger partial charge in [-0.25, -0.2) is 0 Å². The molecule has 8 aromatic carbocycles. The zero-order valence-electron chi connectivity index (χ0n) is 26.8. The minimum absolute atomic E-state index is 0.520. The molecule has 0 aromatic heterocycles. The first-order valence-corrected chi connectivity index (χ1v) is 16.9. The molecule has 0 saturated heterocycles. The predicted molar refractivity (Wildman–Crippen MR) is 201 cm³/mol. The molecule has 0 N–H and O–H groups in total. The number of rotatable bonds is 4. The summed E-state index contributed by atoms with van der Waals surface area (Å²) < 4.78 is 6.57. The molecule has 1 heterocycles. The molecule has 2 heteroatoms. The standard InChI is InChI=1S/C47H31NO/c1-2-16-34(17-3-1)48(35-30-28-33(29-31-35)37-20-12-15-32-14-4-5-18-36(32)37)43-25-13-24-42-46(43)38-19-6-7-21-39(38)47(42)40-22-8-10-26-44(40)49-45-27-11-9-23-41(45)47/h1-31H. The van der Waals surface area contributed by atoms with Crippen LogP contribution in [-0.2, 0) is 5.41 Å². The summed E-state index contributed by atoms with van der Waals surface area (Å²) >= 11 is 0. The van der Waals surface area contributed by atoms with Crippen LogP contribution in [0.3, 0.4) is 0 Å². The van der Waals surface area contributed by atoms with Gasteiger partial charge in [0.1, 0.15) is 11.5 Å². The first kappa shape index (κ1) is 27.7. The largest absolute Gasteiger partial charge is 0.457 e. The van der Waals surface area contributed by atoms with Crippen molar-refractivity contribution in [2.24, 2.45) is 0 Å². The van der Waals surface area contributed by atoms with Gasteiger partial charge in [0.25, 0.3) is 0 Å². The monoisotopic (exact) mass is 625 g/mol. The molecule has 1 aliphatic heterocycles. The lowest BCUT2D eigenvalue weighted by atomic mass is 9.66. The van der Waals surface area contributed by atoms with E-state index in [0.29, 0.717) is 0 Å². The van der Waals surface area contributed by atoms with Crippen molar-refractivity contribution in [3.63, 3.8) is 0 Å². The predicted octanol–water partition coefficient (Wildman–Crippen LogP) is 12.4. The van der Waals surface area contributed by atoms with E-state index in [0.717, 1.165) is 28.6 Å². The Labute approximate surface area is 286 Å². The fourth-order valence-corrected chi connectivity index (χ4v) is 8.34. The lowest BCUT2D eigenvalue weighted by molar-refractivity contribution is 0.436. The van der Waals surface area contributed by atoms with Gasteiger partial charge in [-0.05, 0) is 81.1 Å². The van der Waals surface area contributed by atoms with E-state index < -0.39 is 5.41 Å². The number of ether oxygens (including phenoxy) is 1. The Morgan fingerprint density at radius 3 is 1.71 bits per heavy atom. The first-order chi connectivity index (χ1) is 24.3. The van der Waals surface area contributed by atoms with Crippen LogP contribution >= 0.6 is 0 Å². The molecule has 230 valence electrons. The fraction of sp³-hybridized carbons (Fsp3) is 0.0213. The smallest absolute Gasteiger partial charge is 0.132 e. The number of hydrogen-bond acceptors (Lipinski definition) is 2. The van der Waals surface area contributed by atoms with Gasteiger partial charge in [-0.15, -0.1) is 0 Å². The summed E-state index contributed by atoms with van der Waals surface area (Å²) in [6.45, 7) is 0. The Bertz CT molecular complexity index is 2480. The summed E-state index contributed by atoms with van der Waals surface area (Å²) in [4.78, 5) is 2.42. The summed E-state index contributed by atoms with van der Waals surface area (Å²) in [7, 11) is 0. The van der Waals surface area contributed by atoms with Gasteiger partial charge in [0.2, 0.25) is 0 Å². The normalized spacial score (nSPS) is 13.2. The Morgan fingerprint density at radius 1 is 0.388 bits per heavy atom. The Balaban J connectivity index is 1.22. The van der Waals surface area contributed by atoms with Gasteiger partial charge in [-0.3, -0.25) is 0 Å². The average molecular weight is 626 g/mol. The second kappa shape index (κ2) is 10.8. The molecule has 2 aliphatic rings. The lowest BCUT2D eigenvalue weighted by Crippen LogP contribution is -2.32. The highest BCUT2D eigenvalue weighted by molar-refractivity contribution is 5.99. The van der Waals surface area contributed by atoms with Crippen molar-refractivity contribution in [3.05, 3.63) is 210 Å². The molecule has 0 atom stereocenters. The van der Waals surface area contributed by atoms with Crippen LogP contribution in [0, 0.1) is 0 Å². The minimum Gasteiger partial charge on any atom is -0.457 e. The van der Waals surface area contributed by atoms with Crippen molar-refractivity contribution in [1.29, 1.82) is 0 Å². The van der Waals surface area contributed by atoms with Gasteiger partial charge >= 0.3 is 0 Å². The fourth-order valence-electron chi connectivity index (χ4n) is 8.34. The van der Waals surface area contributed by atoms with Crippen LogP contribution in [0.1, 0.15) is 22.3 Å². The van der Waals surface area contributed by atoms with Gasteiger partial charge in [0, 0.05) is 28.1 Å². The Hall–Kier alpha value is -6.38. The maximum atomic E-state index is 6.57. The van der Waals surface area contributed by atoms with Crippen LogP contribution in [0.4, 0.5) is 17.1 Å². The minimum atomic E-state index is -0.520. The summed E-state index contributed by atoms with van der Waals surface area (Å²) in [6, 6.07) is 67.8. The summed E-state index contributed by atoms with van der Waals surface area (Å²) in [5, 5.41) is 2.51. The second-order valence-electron chi connectivity index (χ2n) is 12.8. The van der Waals surface area contributed by atoms with E-state index in [1.165, 1.54) is 55.3 Å². The topological polar surface area (TPSA) is 12.5 Å². The van der Waals surface area contributed by atoms with Crippen molar-refractivity contribution >= 4 is 27.8 Å². The van der Waals surface area contributed by atoms with E-state index in [1.807, 2.05) is 0 Å². The highest BCUT2D eigenvalue weighted by Crippen LogP contribution is 2.64. The molecule has 2 nitrogen and oxygen atoms in total. The van der Waals surface area contributed by atoms with Crippen LogP contribution < -0.4 is 9.64 Å². The van der Waals surface area contributed by atoms with Crippen molar-refractivity contribution in [2.75, 3.05) is 4.90 Å². The summed E-state index contributed by atoms with van der Waals surface area (Å²) in [5.74, 6) is 1.80. The van der Waals surface area contributed by atoms with Crippen molar-refractivity contribution < 1.29 is 4.74 Å². The number of fused-ring (bicyclic) bond motifs is 10. The average Bonchev–Trinajstić information content (AvgIpc) is 3.47. The SMILES string of the molecule is c1ccc(N(c2ccc(-c3cccc4ccccc34)cc2)c2cccc3c2-c2ccccc2C32c3ccccc3Oc3ccccc32)cc1. The van der Waals surface area contributed by atoms with E-state index in [9.17, 15) is 0 Å². The van der Waals surface area contributed by atoms with Gasteiger partial charge in [0.05, 0.1) is 11.1 Å². The van der Waals surface area contributed by atoms with E-state index >= 15 is 0 Å². The molecule has 0 saturated carbocycles. The summed E-state index contributed by atoms with van der Waals surface area (Å²) in [5.41, 5.74) is 12.7. The molecule has 0 amide bonds. The van der Waals surface area contributed by atoms with E-state index in [-0.39, 0.29) is 0 Å². The quantitative estimate of drug-likeness (QED) is 0.193. The molecule has 0 fully saturated rings. The van der Waals surface area contributed by atoms with Crippen LogP contribution in [0.5, 0.6) is 11.5 Å². The molecule has 49 heavy (non-hydrogen) atoms. The Morgan fingerprint density at radius 2 is 0.939 bits per heavy atom. The highest BCUT2D eigenvalue weighted by atomic mass is 16.5. The molecule has 0 unspecified atom stereocenters. The van der Waals surface area contributed by atoms with Gasteiger partial charge in [0.15, 0.2) is 0 Å². The summed E-state index contributed by atoms with van der Waals surface area (Å²) in [6.07, 6.45) is 0. The third-order valence-electron chi connectivity index (χ3n) is 10.3. The number of nitrogens with zero attached hydrogens (tertiary/aromatic N) is 1. The van der Waals surface area contributed by atoms with Crippen molar-refractivity contribution in [1.82, 2.24) is 0 Å². The lowest BCUT2D eigenvalue weighted by Gasteiger charge is -2.39. The van der Waals surface area contributed by atoms with E-state index in [1.54, 1.807) is 0 Å². The van der Waals surface area contributed by atoms with E-state index in [4.69, 9.17) is 4.74 Å². The maximum Gasteiger partial charge on any atom is 0.132 e. The van der Waals surface area contributed by atoms with Crippen LogP contribution in [0.15, 0.2) is 188 Å². The Kier molecular flexibility index (Phi) is 6.13. The zero-order chi connectivity index (χ0) is 32.4. The zero-order valence-corrected chi connectivity index (χ0v) is 26.8. The molecule has 1 spiro atoms. The number of benzene rings is 8. The van der Waals surface area contributed by atoms with Crippen LogP contribution in [0.25, 0.3) is 33.0 Å².